The first-order valence-corrected chi connectivity index (χ1v) is 7.44. The van der Waals surface area contributed by atoms with Gasteiger partial charge in [-0.05, 0) is 26.2 Å². The first-order valence-electron chi connectivity index (χ1n) is 6.90. The van der Waals surface area contributed by atoms with Crippen LogP contribution in [0.25, 0.3) is 10.9 Å². The van der Waals surface area contributed by atoms with Crippen LogP contribution in [0.5, 0.6) is 0 Å². The normalized spacial score (nSPS) is 11.4. The van der Waals surface area contributed by atoms with Crippen LogP contribution < -0.4 is 5.56 Å². The summed E-state index contributed by atoms with van der Waals surface area (Å²) in [5.74, 6) is 0.786. The molecule has 0 saturated heterocycles. The molecule has 2 rings (SSSR count). The van der Waals surface area contributed by atoms with E-state index in [1.807, 2.05) is 37.2 Å². The Morgan fingerprint density at radius 3 is 2.76 bits per heavy atom. The molecule has 0 fully saturated rings. The average molecular weight is 310 g/mol. The number of ether oxygens (including phenoxy) is 1. The maximum absolute atomic E-state index is 12.5. The molecule has 0 N–H and O–H groups in total. The van der Waals surface area contributed by atoms with Crippen molar-refractivity contribution in [3.8, 4) is 0 Å². The van der Waals surface area contributed by atoms with Crippen molar-refractivity contribution >= 4 is 22.5 Å². The van der Waals surface area contributed by atoms with Crippen LogP contribution in [0.2, 0.25) is 0 Å². The second kappa shape index (κ2) is 7.54. The Kier molecular flexibility index (Phi) is 5.73. The van der Waals surface area contributed by atoms with Crippen molar-refractivity contribution in [1.29, 1.82) is 0 Å². The fourth-order valence-electron chi connectivity index (χ4n) is 2.05. The predicted molar refractivity (Wildman–Crippen MR) is 84.9 cm³/mol. The third-order valence-electron chi connectivity index (χ3n) is 3.20. The van der Waals surface area contributed by atoms with Gasteiger partial charge in [-0.15, -0.1) is 11.6 Å². The summed E-state index contributed by atoms with van der Waals surface area (Å²) >= 11 is 5.92. The van der Waals surface area contributed by atoms with E-state index in [1.54, 1.807) is 10.6 Å². The summed E-state index contributed by atoms with van der Waals surface area (Å²) in [5.41, 5.74) is 0.621. The second-order valence-corrected chi connectivity index (χ2v) is 5.32. The van der Waals surface area contributed by atoms with E-state index in [0.29, 0.717) is 36.5 Å². The molecule has 2 aromatic rings. The van der Waals surface area contributed by atoms with Crippen LogP contribution in [0.3, 0.4) is 0 Å². The zero-order valence-electron chi connectivity index (χ0n) is 12.4. The maximum atomic E-state index is 12.5. The number of hydrogen-bond donors (Lipinski definition) is 0. The number of likely N-dealkylation sites (N-methyl/N-ethyl adjacent to an activating group) is 1. The Labute approximate surface area is 129 Å². The van der Waals surface area contributed by atoms with Gasteiger partial charge in [0.05, 0.1) is 36.5 Å². The van der Waals surface area contributed by atoms with Gasteiger partial charge in [-0.2, -0.15) is 0 Å². The van der Waals surface area contributed by atoms with Crippen molar-refractivity contribution in [3.05, 3.63) is 40.4 Å². The van der Waals surface area contributed by atoms with Crippen molar-refractivity contribution in [3.63, 3.8) is 0 Å². The molecular formula is C15H20ClN3O2. The minimum absolute atomic E-state index is 0.0625. The number of para-hydroxylation sites is 1. The van der Waals surface area contributed by atoms with Crippen molar-refractivity contribution in [2.24, 2.45) is 0 Å². The van der Waals surface area contributed by atoms with E-state index in [2.05, 4.69) is 4.98 Å². The highest BCUT2D eigenvalue weighted by Gasteiger charge is 2.09. The van der Waals surface area contributed by atoms with Crippen molar-refractivity contribution in [1.82, 2.24) is 14.5 Å². The number of aromatic nitrogens is 2. The molecule has 1 heterocycles. The molecular weight excluding hydrogens is 290 g/mol. The lowest BCUT2D eigenvalue weighted by Gasteiger charge is -2.13. The molecule has 5 nitrogen and oxygen atoms in total. The van der Waals surface area contributed by atoms with E-state index in [-0.39, 0.29) is 11.4 Å². The predicted octanol–water partition coefficient (Wildman–Crippen LogP) is 1.71. The third-order valence-corrected chi connectivity index (χ3v) is 3.44. The van der Waals surface area contributed by atoms with Gasteiger partial charge in [0.2, 0.25) is 0 Å². The Bertz CT molecular complexity index is 655. The van der Waals surface area contributed by atoms with E-state index in [9.17, 15) is 4.79 Å². The van der Waals surface area contributed by atoms with E-state index < -0.39 is 0 Å². The third kappa shape index (κ3) is 4.03. The van der Waals surface area contributed by atoms with Crippen LogP contribution in [0.4, 0.5) is 0 Å². The Balaban J connectivity index is 2.14. The van der Waals surface area contributed by atoms with Crippen LogP contribution in [0.1, 0.15) is 5.82 Å². The van der Waals surface area contributed by atoms with Gasteiger partial charge < -0.3 is 9.64 Å². The lowest BCUT2D eigenvalue weighted by atomic mass is 10.2. The number of alkyl halides is 1. The first kappa shape index (κ1) is 15.9. The SMILES string of the molecule is CN(C)CCOCCn1c(CCl)nc2ccccc2c1=O. The number of halogens is 1. The summed E-state index contributed by atoms with van der Waals surface area (Å²) in [6.07, 6.45) is 0. The summed E-state index contributed by atoms with van der Waals surface area (Å²) in [6.45, 7) is 2.43. The minimum atomic E-state index is -0.0625. The van der Waals surface area contributed by atoms with E-state index in [4.69, 9.17) is 16.3 Å². The lowest BCUT2D eigenvalue weighted by molar-refractivity contribution is 0.110. The van der Waals surface area contributed by atoms with Crippen LogP contribution >= 0.6 is 11.6 Å². The molecule has 6 heteroatoms. The van der Waals surface area contributed by atoms with E-state index in [0.717, 1.165) is 6.54 Å². The number of fused-ring (bicyclic) bond motifs is 1. The molecule has 0 spiro atoms. The topological polar surface area (TPSA) is 47.4 Å². The molecule has 0 amide bonds. The van der Waals surface area contributed by atoms with E-state index in [1.165, 1.54) is 0 Å². The Hall–Kier alpha value is -1.43. The monoisotopic (exact) mass is 309 g/mol. The summed E-state index contributed by atoms with van der Waals surface area (Å²) in [5, 5.41) is 0.611. The van der Waals surface area contributed by atoms with Crippen LogP contribution in [0, 0.1) is 0 Å². The van der Waals surface area contributed by atoms with Gasteiger partial charge >= 0.3 is 0 Å². The molecule has 0 radical (unpaired) electrons. The smallest absolute Gasteiger partial charge is 0.261 e. The van der Waals surface area contributed by atoms with Crippen molar-refractivity contribution in [2.75, 3.05) is 33.9 Å². The van der Waals surface area contributed by atoms with Gasteiger partial charge in [0.25, 0.3) is 5.56 Å². The maximum Gasteiger partial charge on any atom is 0.261 e. The highest BCUT2D eigenvalue weighted by molar-refractivity contribution is 6.16. The summed E-state index contributed by atoms with van der Waals surface area (Å²) < 4.78 is 7.14. The fraction of sp³-hybridized carbons (Fsp3) is 0.467. The molecule has 0 saturated carbocycles. The van der Waals surface area contributed by atoms with Gasteiger partial charge in [0.1, 0.15) is 5.82 Å². The largest absolute Gasteiger partial charge is 0.378 e. The molecule has 0 atom stereocenters. The fourth-order valence-corrected chi connectivity index (χ4v) is 2.26. The molecule has 114 valence electrons. The van der Waals surface area contributed by atoms with Gasteiger partial charge in [0.15, 0.2) is 0 Å². The quantitative estimate of drug-likeness (QED) is 0.577. The Morgan fingerprint density at radius 1 is 1.29 bits per heavy atom. The summed E-state index contributed by atoms with van der Waals surface area (Å²) in [7, 11) is 3.99. The first-order chi connectivity index (χ1) is 10.1. The molecule has 1 aromatic heterocycles. The Morgan fingerprint density at radius 2 is 2.05 bits per heavy atom. The number of benzene rings is 1. The summed E-state index contributed by atoms with van der Waals surface area (Å²) in [6, 6.07) is 7.31. The standard InChI is InChI=1S/C15H20ClN3O2/c1-18(2)7-9-21-10-8-19-14(11-16)17-13-6-4-3-5-12(13)15(19)20/h3-6H,7-11H2,1-2H3. The van der Waals surface area contributed by atoms with E-state index >= 15 is 0 Å². The van der Waals surface area contributed by atoms with Crippen LogP contribution in [-0.2, 0) is 17.2 Å². The van der Waals surface area contributed by atoms with Crippen molar-refractivity contribution < 1.29 is 4.74 Å². The molecule has 21 heavy (non-hydrogen) atoms. The zero-order valence-corrected chi connectivity index (χ0v) is 13.1. The molecule has 0 bridgehead atoms. The van der Waals surface area contributed by atoms with Gasteiger partial charge in [0, 0.05) is 6.54 Å². The number of rotatable bonds is 7. The van der Waals surface area contributed by atoms with Crippen LogP contribution in [-0.4, -0.2) is 48.3 Å². The van der Waals surface area contributed by atoms with Gasteiger partial charge in [-0.25, -0.2) is 4.98 Å². The average Bonchev–Trinajstić information content (AvgIpc) is 2.48. The molecule has 1 aromatic carbocycles. The molecule has 0 aliphatic carbocycles. The number of nitrogens with zero attached hydrogens (tertiary/aromatic N) is 3. The highest BCUT2D eigenvalue weighted by atomic mass is 35.5. The minimum Gasteiger partial charge on any atom is -0.378 e. The van der Waals surface area contributed by atoms with Gasteiger partial charge in [-0.1, -0.05) is 12.1 Å². The highest BCUT2D eigenvalue weighted by Crippen LogP contribution is 2.09. The molecule has 0 unspecified atom stereocenters. The zero-order chi connectivity index (χ0) is 15.2. The van der Waals surface area contributed by atoms with Crippen LogP contribution in [0.15, 0.2) is 29.1 Å². The second-order valence-electron chi connectivity index (χ2n) is 5.05. The lowest BCUT2D eigenvalue weighted by Crippen LogP contribution is -2.27. The van der Waals surface area contributed by atoms with Gasteiger partial charge in [-0.3, -0.25) is 9.36 Å². The molecule has 0 aliphatic heterocycles. The summed E-state index contributed by atoms with van der Waals surface area (Å²) in [4.78, 5) is 19.0. The number of hydrogen-bond acceptors (Lipinski definition) is 4. The van der Waals surface area contributed by atoms with Crippen molar-refractivity contribution in [2.45, 2.75) is 12.4 Å². The molecule has 0 aliphatic rings.